The Balaban J connectivity index is 2.34. The third kappa shape index (κ3) is 3.18. The maximum Gasteiger partial charge on any atom is 0.0756 e. The van der Waals surface area contributed by atoms with Crippen molar-refractivity contribution in [2.45, 2.75) is 65.0 Å². The fourth-order valence-electron chi connectivity index (χ4n) is 2.99. The van der Waals surface area contributed by atoms with Gasteiger partial charge in [0.15, 0.2) is 0 Å². The van der Waals surface area contributed by atoms with Gasteiger partial charge >= 0.3 is 0 Å². The van der Waals surface area contributed by atoms with E-state index in [1.165, 1.54) is 23.4 Å². The Labute approximate surface area is 116 Å². The molecule has 1 saturated heterocycles. The Kier molecular flexibility index (Phi) is 4.99. The van der Waals surface area contributed by atoms with Gasteiger partial charge < -0.3 is 10.5 Å². The summed E-state index contributed by atoms with van der Waals surface area (Å²) in [5.74, 6) is 0. The summed E-state index contributed by atoms with van der Waals surface area (Å²) in [5.41, 5.74) is 9.97. The van der Waals surface area contributed by atoms with Gasteiger partial charge in [0.1, 0.15) is 0 Å². The minimum atomic E-state index is 0.191. The molecule has 2 atom stereocenters. The van der Waals surface area contributed by atoms with E-state index in [1.54, 1.807) is 0 Å². The Morgan fingerprint density at radius 1 is 1.42 bits per heavy atom. The zero-order chi connectivity index (χ0) is 13.8. The smallest absolute Gasteiger partial charge is 0.0756 e. The molecule has 2 unspecified atom stereocenters. The number of hydrogen-bond donors (Lipinski definition) is 1. The number of rotatable bonds is 5. The zero-order valence-corrected chi connectivity index (χ0v) is 12.5. The first-order valence-corrected chi connectivity index (χ1v) is 7.59. The second-order valence-electron chi connectivity index (χ2n) is 5.58. The summed E-state index contributed by atoms with van der Waals surface area (Å²) < 4.78 is 7.85. The highest BCUT2D eigenvalue weighted by Gasteiger charge is 2.23. The molecule has 4 heteroatoms. The van der Waals surface area contributed by atoms with Gasteiger partial charge in [0.2, 0.25) is 0 Å². The van der Waals surface area contributed by atoms with Crippen LogP contribution >= 0.6 is 0 Å². The summed E-state index contributed by atoms with van der Waals surface area (Å²) in [7, 11) is 0. The van der Waals surface area contributed by atoms with Crippen LogP contribution in [0.4, 0.5) is 0 Å². The molecule has 1 fully saturated rings. The third-order valence-corrected chi connectivity index (χ3v) is 3.88. The minimum Gasteiger partial charge on any atom is -0.379 e. The van der Waals surface area contributed by atoms with Crippen molar-refractivity contribution >= 4 is 0 Å². The van der Waals surface area contributed by atoms with Crippen molar-refractivity contribution in [1.82, 2.24) is 9.78 Å². The summed E-state index contributed by atoms with van der Waals surface area (Å²) in [6, 6.07) is 0.603. The lowest BCUT2D eigenvalue weighted by atomic mass is 10.0. The van der Waals surface area contributed by atoms with Crippen LogP contribution < -0.4 is 5.73 Å². The van der Waals surface area contributed by atoms with Gasteiger partial charge in [-0.2, -0.15) is 5.10 Å². The summed E-state index contributed by atoms with van der Waals surface area (Å²) >= 11 is 0. The molecule has 0 amide bonds. The highest BCUT2D eigenvalue weighted by Crippen LogP contribution is 2.26. The van der Waals surface area contributed by atoms with Gasteiger partial charge in [-0.3, -0.25) is 4.68 Å². The van der Waals surface area contributed by atoms with E-state index in [4.69, 9.17) is 15.6 Å². The van der Waals surface area contributed by atoms with Crippen LogP contribution in [0.2, 0.25) is 0 Å². The SMILES string of the molecule is CCc1nn(C2CCCOC2)c(CC)c1CC(C)N. The van der Waals surface area contributed by atoms with E-state index in [1.807, 2.05) is 0 Å². The molecule has 4 nitrogen and oxygen atoms in total. The number of aryl methyl sites for hydroxylation is 1. The van der Waals surface area contributed by atoms with Crippen molar-refractivity contribution in [3.05, 3.63) is 17.0 Å². The van der Waals surface area contributed by atoms with Crippen molar-refractivity contribution in [2.75, 3.05) is 13.2 Å². The maximum atomic E-state index is 6.00. The maximum absolute atomic E-state index is 6.00. The molecule has 0 saturated carbocycles. The lowest BCUT2D eigenvalue weighted by molar-refractivity contribution is 0.0538. The van der Waals surface area contributed by atoms with Gasteiger partial charge in [-0.1, -0.05) is 13.8 Å². The molecule has 1 aliphatic rings. The van der Waals surface area contributed by atoms with Crippen LogP contribution in [0, 0.1) is 0 Å². The van der Waals surface area contributed by atoms with Crippen LogP contribution in [0.1, 0.15) is 56.6 Å². The molecule has 0 aromatic carbocycles. The van der Waals surface area contributed by atoms with Crippen LogP contribution in [0.15, 0.2) is 0 Å². The van der Waals surface area contributed by atoms with Crippen molar-refractivity contribution in [2.24, 2.45) is 5.73 Å². The number of aromatic nitrogens is 2. The van der Waals surface area contributed by atoms with E-state index < -0.39 is 0 Å². The predicted molar refractivity (Wildman–Crippen MR) is 77.4 cm³/mol. The Hall–Kier alpha value is -0.870. The lowest BCUT2D eigenvalue weighted by Gasteiger charge is -2.24. The predicted octanol–water partition coefficient (Wildman–Crippen LogP) is 2.25. The van der Waals surface area contributed by atoms with Crippen molar-refractivity contribution in [3.8, 4) is 0 Å². The molecule has 0 aliphatic carbocycles. The van der Waals surface area contributed by atoms with E-state index in [0.717, 1.165) is 38.9 Å². The normalized spacial score (nSPS) is 21.6. The van der Waals surface area contributed by atoms with Gasteiger partial charge in [0.25, 0.3) is 0 Å². The van der Waals surface area contributed by atoms with E-state index in [-0.39, 0.29) is 6.04 Å². The molecule has 108 valence electrons. The minimum absolute atomic E-state index is 0.191. The van der Waals surface area contributed by atoms with Crippen molar-refractivity contribution < 1.29 is 4.74 Å². The molecule has 2 rings (SSSR count). The molecular formula is C15H27N3O. The molecule has 0 spiro atoms. The van der Waals surface area contributed by atoms with E-state index >= 15 is 0 Å². The van der Waals surface area contributed by atoms with Crippen LogP contribution in [0.5, 0.6) is 0 Å². The first-order chi connectivity index (χ1) is 9.17. The highest BCUT2D eigenvalue weighted by molar-refractivity contribution is 5.28. The average Bonchev–Trinajstić information content (AvgIpc) is 2.76. The molecule has 2 N–H and O–H groups in total. The molecule has 1 aliphatic heterocycles. The van der Waals surface area contributed by atoms with Crippen LogP contribution in [-0.4, -0.2) is 29.0 Å². The monoisotopic (exact) mass is 265 g/mol. The van der Waals surface area contributed by atoms with Crippen molar-refractivity contribution in [1.29, 1.82) is 0 Å². The zero-order valence-electron chi connectivity index (χ0n) is 12.5. The molecule has 2 heterocycles. The summed E-state index contributed by atoms with van der Waals surface area (Å²) in [6.45, 7) is 8.15. The molecule has 0 bridgehead atoms. The van der Waals surface area contributed by atoms with E-state index in [9.17, 15) is 0 Å². The van der Waals surface area contributed by atoms with Gasteiger partial charge in [0, 0.05) is 18.3 Å². The summed E-state index contributed by atoms with van der Waals surface area (Å²) in [5, 5.41) is 4.86. The Morgan fingerprint density at radius 2 is 2.21 bits per heavy atom. The lowest BCUT2D eigenvalue weighted by Crippen LogP contribution is -2.24. The van der Waals surface area contributed by atoms with Gasteiger partial charge in [-0.25, -0.2) is 0 Å². The molecular weight excluding hydrogens is 238 g/mol. The summed E-state index contributed by atoms with van der Waals surface area (Å²) in [6.07, 6.45) is 5.24. The topological polar surface area (TPSA) is 53.1 Å². The number of ether oxygens (including phenoxy) is 1. The standard InChI is InChI=1S/C15H27N3O/c1-4-14-13(9-11(3)16)15(5-2)18(17-14)12-7-6-8-19-10-12/h11-12H,4-10,16H2,1-3H3. The second kappa shape index (κ2) is 6.53. The average molecular weight is 265 g/mol. The van der Waals surface area contributed by atoms with Gasteiger partial charge in [-0.15, -0.1) is 0 Å². The number of hydrogen-bond acceptors (Lipinski definition) is 3. The van der Waals surface area contributed by atoms with Crippen LogP contribution in [-0.2, 0) is 24.0 Å². The van der Waals surface area contributed by atoms with E-state index in [2.05, 4.69) is 25.5 Å². The summed E-state index contributed by atoms with van der Waals surface area (Å²) in [4.78, 5) is 0. The van der Waals surface area contributed by atoms with Crippen LogP contribution in [0.3, 0.4) is 0 Å². The first-order valence-electron chi connectivity index (χ1n) is 7.59. The Bertz CT molecular complexity index is 406. The second-order valence-corrected chi connectivity index (χ2v) is 5.58. The molecule has 1 aromatic heterocycles. The molecule has 1 aromatic rings. The Morgan fingerprint density at radius 3 is 2.74 bits per heavy atom. The number of nitrogens with zero attached hydrogens (tertiary/aromatic N) is 2. The van der Waals surface area contributed by atoms with E-state index in [0.29, 0.717) is 6.04 Å². The molecule has 0 radical (unpaired) electrons. The number of nitrogens with two attached hydrogens (primary N) is 1. The molecule has 19 heavy (non-hydrogen) atoms. The van der Waals surface area contributed by atoms with Crippen LogP contribution in [0.25, 0.3) is 0 Å². The largest absolute Gasteiger partial charge is 0.379 e. The quantitative estimate of drug-likeness (QED) is 0.888. The fraction of sp³-hybridized carbons (Fsp3) is 0.800. The highest BCUT2D eigenvalue weighted by atomic mass is 16.5. The first kappa shape index (κ1) is 14.5. The fourth-order valence-corrected chi connectivity index (χ4v) is 2.99. The third-order valence-electron chi connectivity index (χ3n) is 3.88. The van der Waals surface area contributed by atoms with Gasteiger partial charge in [0.05, 0.1) is 18.3 Å². The van der Waals surface area contributed by atoms with Gasteiger partial charge in [-0.05, 0) is 44.6 Å². The van der Waals surface area contributed by atoms with Crippen molar-refractivity contribution in [3.63, 3.8) is 0 Å².